The predicted octanol–water partition coefficient (Wildman–Crippen LogP) is 3.55. The lowest BCUT2D eigenvalue weighted by Gasteiger charge is -2.02. The van der Waals surface area contributed by atoms with Gasteiger partial charge in [0, 0.05) is 22.9 Å². The fourth-order valence-electron chi connectivity index (χ4n) is 1.44. The number of halogens is 2. The summed E-state index contributed by atoms with van der Waals surface area (Å²) >= 11 is 7.50. The number of aromatic nitrogens is 1. The van der Waals surface area contributed by atoms with Gasteiger partial charge in [0.2, 0.25) is 0 Å². The third-order valence-electron chi connectivity index (χ3n) is 2.39. The van der Waals surface area contributed by atoms with Crippen molar-refractivity contribution in [2.24, 2.45) is 5.73 Å². The summed E-state index contributed by atoms with van der Waals surface area (Å²) in [6.07, 6.45) is 0.608. The molecule has 0 spiro atoms. The van der Waals surface area contributed by atoms with Gasteiger partial charge in [-0.25, -0.2) is 9.37 Å². The van der Waals surface area contributed by atoms with Gasteiger partial charge in [0.25, 0.3) is 0 Å². The molecule has 0 aliphatic rings. The van der Waals surface area contributed by atoms with E-state index in [2.05, 4.69) is 4.98 Å². The average molecular weight is 271 g/mol. The van der Waals surface area contributed by atoms with E-state index in [1.165, 1.54) is 12.1 Å². The van der Waals surface area contributed by atoms with Gasteiger partial charge in [0.1, 0.15) is 5.82 Å². The molecule has 5 heteroatoms. The summed E-state index contributed by atoms with van der Waals surface area (Å²) in [4.78, 5) is 4.41. The van der Waals surface area contributed by atoms with Crippen LogP contribution < -0.4 is 5.73 Å². The standard InChI is InChI=1S/C12H12ClFN2S/c1-7(15)11-6-17-12(16-11)4-8-2-3-9(14)5-10(8)13/h2-3,5-7H,4,15H2,1H3. The van der Waals surface area contributed by atoms with Crippen LogP contribution in [-0.4, -0.2) is 4.98 Å². The van der Waals surface area contributed by atoms with E-state index >= 15 is 0 Å². The van der Waals surface area contributed by atoms with E-state index in [-0.39, 0.29) is 11.9 Å². The Hall–Kier alpha value is -0.970. The molecule has 0 saturated carbocycles. The highest BCUT2D eigenvalue weighted by molar-refractivity contribution is 7.09. The van der Waals surface area contributed by atoms with E-state index in [4.69, 9.17) is 17.3 Å². The molecular weight excluding hydrogens is 259 g/mol. The van der Waals surface area contributed by atoms with Gasteiger partial charge in [-0.2, -0.15) is 0 Å². The van der Waals surface area contributed by atoms with E-state index < -0.39 is 0 Å². The predicted molar refractivity (Wildman–Crippen MR) is 68.9 cm³/mol. The van der Waals surface area contributed by atoms with Crippen molar-refractivity contribution in [2.75, 3.05) is 0 Å². The van der Waals surface area contributed by atoms with Gasteiger partial charge in [-0.1, -0.05) is 17.7 Å². The number of thiazole rings is 1. The molecule has 2 N–H and O–H groups in total. The Kier molecular flexibility index (Phi) is 3.76. The monoisotopic (exact) mass is 270 g/mol. The Morgan fingerprint density at radius 3 is 2.88 bits per heavy atom. The number of hydrogen-bond acceptors (Lipinski definition) is 3. The van der Waals surface area contributed by atoms with Crippen molar-refractivity contribution >= 4 is 22.9 Å². The number of benzene rings is 1. The fraction of sp³-hybridized carbons (Fsp3) is 0.250. The first-order valence-electron chi connectivity index (χ1n) is 5.20. The molecule has 0 saturated heterocycles. The van der Waals surface area contributed by atoms with Crippen LogP contribution in [0.25, 0.3) is 0 Å². The summed E-state index contributed by atoms with van der Waals surface area (Å²) in [6, 6.07) is 4.34. The molecule has 2 nitrogen and oxygen atoms in total. The van der Waals surface area contributed by atoms with E-state index in [9.17, 15) is 4.39 Å². The van der Waals surface area contributed by atoms with Crippen LogP contribution in [0.15, 0.2) is 23.6 Å². The molecule has 2 rings (SSSR count). The molecule has 1 aromatic carbocycles. The molecule has 2 aromatic rings. The highest BCUT2D eigenvalue weighted by Crippen LogP contribution is 2.23. The summed E-state index contributed by atoms with van der Waals surface area (Å²) < 4.78 is 12.9. The molecule has 1 aromatic heterocycles. The van der Waals surface area contributed by atoms with Crippen LogP contribution in [0, 0.1) is 5.82 Å². The quantitative estimate of drug-likeness (QED) is 0.926. The zero-order valence-electron chi connectivity index (χ0n) is 9.28. The maximum atomic E-state index is 12.9. The number of hydrogen-bond donors (Lipinski definition) is 1. The van der Waals surface area contributed by atoms with E-state index in [0.717, 1.165) is 16.3 Å². The summed E-state index contributed by atoms with van der Waals surface area (Å²) in [5, 5.41) is 3.31. The van der Waals surface area contributed by atoms with Gasteiger partial charge in [-0.15, -0.1) is 11.3 Å². The molecule has 0 fully saturated rings. The van der Waals surface area contributed by atoms with E-state index in [0.29, 0.717) is 11.4 Å². The van der Waals surface area contributed by atoms with Crippen LogP contribution in [0.2, 0.25) is 5.02 Å². The lowest BCUT2D eigenvalue weighted by molar-refractivity contribution is 0.627. The van der Waals surface area contributed by atoms with Gasteiger partial charge in [0.05, 0.1) is 10.7 Å². The average Bonchev–Trinajstić information content (AvgIpc) is 2.71. The largest absolute Gasteiger partial charge is 0.323 e. The van der Waals surface area contributed by atoms with Crippen molar-refractivity contribution in [2.45, 2.75) is 19.4 Å². The molecule has 0 aliphatic heterocycles. The molecule has 0 amide bonds. The highest BCUT2D eigenvalue weighted by Gasteiger charge is 2.09. The maximum absolute atomic E-state index is 12.9. The molecule has 1 unspecified atom stereocenters. The van der Waals surface area contributed by atoms with Gasteiger partial charge < -0.3 is 5.73 Å². The summed E-state index contributed by atoms with van der Waals surface area (Å²) in [6.45, 7) is 1.89. The zero-order valence-corrected chi connectivity index (χ0v) is 10.9. The van der Waals surface area contributed by atoms with Gasteiger partial charge in [0.15, 0.2) is 0 Å². The molecular formula is C12H12ClFN2S. The third kappa shape index (κ3) is 3.03. The van der Waals surface area contributed by atoms with Crippen LogP contribution in [0.5, 0.6) is 0 Å². The van der Waals surface area contributed by atoms with E-state index in [1.807, 2.05) is 12.3 Å². The second-order valence-corrected chi connectivity index (χ2v) is 5.22. The van der Waals surface area contributed by atoms with Crippen LogP contribution in [0.3, 0.4) is 0 Å². The van der Waals surface area contributed by atoms with Gasteiger partial charge in [-0.3, -0.25) is 0 Å². The number of nitrogens with two attached hydrogens (primary N) is 1. The lowest BCUT2D eigenvalue weighted by Crippen LogP contribution is -2.05. The third-order valence-corrected chi connectivity index (χ3v) is 3.61. The second-order valence-electron chi connectivity index (χ2n) is 3.87. The number of nitrogens with zero attached hydrogens (tertiary/aromatic N) is 1. The molecule has 0 radical (unpaired) electrons. The van der Waals surface area contributed by atoms with Crippen molar-refractivity contribution in [3.8, 4) is 0 Å². The highest BCUT2D eigenvalue weighted by atomic mass is 35.5. The Morgan fingerprint density at radius 2 is 2.29 bits per heavy atom. The van der Waals surface area contributed by atoms with Crippen molar-refractivity contribution < 1.29 is 4.39 Å². The SMILES string of the molecule is CC(N)c1csc(Cc2ccc(F)cc2Cl)n1. The van der Waals surface area contributed by atoms with Crippen LogP contribution >= 0.6 is 22.9 Å². The van der Waals surface area contributed by atoms with Gasteiger partial charge >= 0.3 is 0 Å². The summed E-state index contributed by atoms with van der Waals surface area (Å²) in [5.74, 6) is -0.325. The molecule has 1 atom stereocenters. The van der Waals surface area contributed by atoms with Gasteiger partial charge in [-0.05, 0) is 24.6 Å². The Morgan fingerprint density at radius 1 is 1.53 bits per heavy atom. The Bertz CT molecular complexity index is 525. The zero-order chi connectivity index (χ0) is 12.4. The lowest BCUT2D eigenvalue weighted by atomic mass is 10.1. The summed E-state index contributed by atoms with van der Waals surface area (Å²) in [7, 11) is 0. The van der Waals surface area contributed by atoms with Crippen molar-refractivity contribution in [3.05, 3.63) is 50.7 Å². The van der Waals surface area contributed by atoms with E-state index in [1.54, 1.807) is 17.4 Å². The smallest absolute Gasteiger partial charge is 0.124 e. The minimum absolute atomic E-state index is 0.0660. The van der Waals surface area contributed by atoms with Crippen molar-refractivity contribution in [1.82, 2.24) is 4.98 Å². The van der Waals surface area contributed by atoms with Crippen LogP contribution in [-0.2, 0) is 6.42 Å². The second kappa shape index (κ2) is 5.12. The van der Waals surface area contributed by atoms with Crippen molar-refractivity contribution in [1.29, 1.82) is 0 Å². The fourth-order valence-corrected chi connectivity index (χ4v) is 2.60. The molecule has 0 aliphatic carbocycles. The van der Waals surface area contributed by atoms with Crippen molar-refractivity contribution in [3.63, 3.8) is 0 Å². The van der Waals surface area contributed by atoms with Crippen LogP contribution in [0.4, 0.5) is 4.39 Å². The first-order valence-corrected chi connectivity index (χ1v) is 6.46. The summed E-state index contributed by atoms with van der Waals surface area (Å²) in [5.41, 5.74) is 7.49. The maximum Gasteiger partial charge on any atom is 0.124 e. The first-order chi connectivity index (χ1) is 8.06. The Labute approximate surface area is 108 Å². The molecule has 90 valence electrons. The van der Waals surface area contributed by atoms with Crippen LogP contribution in [0.1, 0.15) is 29.2 Å². The number of rotatable bonds is 3. The normalized spacial score (nSPS) is 12.7. The minimum atomic E-state index is -0.325. The molecule has 0 bridgehead atoms. The molecule has 1 heterocycles. The Balaban J connectivity index is 2.19. The molecule has 17 heavy (non-hydrogen) atoms. The topological polar surface area (TPSA) is 38.9 Å². The first kappa shape index (κ1) is 12.5. The minimum Gasteiger partial charge on any atom is -0.323 e.